The first-order valence-corrected chi connectivity index (χ1v) is 11.0. The Morgan fingerprint density at radius 2 is 1.25 bits per heavy atom. The molecule has 1 aromatic rings. The first-order chi connectivity index (χ1) is 9.84. The minimum atomic E-state index is -1.75. The fraction of sp³-hybridized carbons (Fsp3) is 0.667. The van der Waals surface area contributed by atoms with Crippen LogP contribution in [0.5, 0.6) is 0 Å². The van der Waals surface area contributed by atoms with Crippen molar-refractivity contribution in [1.29, 1.82) is 0 Å². The third-order valence-electron chi connectivity index (χ3n) is 3.69. The van der Waals surface area contributed by atoms with E-state index in [0.717, 1.165) is 16.2 Å². The zero-order chi connectivity index (χ0) is 14.5. The predicted molar refractivity (Wildman–Crippen MR) is 89.2 cm³/mol. The fourth-order valence-electron chi connectivity index (χ4n) is 2.41. The molecule has 20 heavy (non-hydrogen) atoms. The Balaban J connectivity index is 1.91. The van der Waals surface area contributed by atoms with Gasteiger partial charge in [-0.15, -0.1) is 0 Å². The molecular weight excluding hydrogens is 311 g/mol. The molecule has 0 saturated carbocycles. The summed E-state index contributed by atoms with van der Waals surface area (Å²) in [5.41, 5.74) is 0. The average Bonchev–Trinajstić information content (AvgIpc) is 2.50. The van der Waals surface area contributed by atoms with Crippen molar-refractivity contribution in [3.05, 3.63) is 30.3 Å². The summed E-state index contributed by atoms with van der Waals surface area (Å²) in [7, 11) is 0. The summed E-state index contributed by atoms with van der Waals surface area (Å²) < 4.78 is 13.2. The molecule has 0 radical (unpaired) electrons. The fourth-order valence-corrected chi connectivity index (χ4v) is 4.85. The van der Waals surface area contributed by atoms with E-state index < -0.39 is 13.8 Å². The van der Waals surface area contributed by atoms with Crippen LogP contribution in [0.1, 0.15) is 71.1 Å². The van der Waals surface area contributed by atoms with E-state index in [4.69, 9.17) is 0 Å². The van der Waals surface area contributed by atoms with Gasteiger partial charge in [0.25, 0.3) is 0 Å². The van der Waals surface area contributed by atoms with Gasteiger partial charge in [-0.25, -0.2) is 0 Å². The van der Waals surface area contributed by atoms with Crippen LogP contribution < -0.4 is 4.46 Å². The molecule has 1 rings (SSSR count). The molecule has 0 saturated heterocycles. The van der Waals surface area contributed by atoms with Crippen LogP contribution in [-0.4, -0.2) is 13.8 Å². The molecule has 0 heterocycles. The molecule has 0 N–H and O–H groups in total. The summed E-state index contributed by atoms with van der Waals surface area (Å²) in [6.07, 6.45) is 13.4. The second kappa shape index (κ2) is 12.3. The monoisotopic (exact) mass is 342 g/mol. The summed E-state index contributed by atoms with van der Waals surface area (Å²) in [5.74, 6) is 0. The van der Waals surface area contributed by atoms with Crippen LogP contribution in [-0.2, 0) is 3.83 Å². The maximum absolute atomic E-state index is 12.1. The molecule has 0 aromatic heterocycles. The van der Waals surface area contributed by atoms with Gasteiger partial charge in [-0.05, 0) is 0 Å². The third kappa shape index (κ3) is 8.66. The molecule has 0 amide bonds. The SMILES string of the molecule is CCCCCCCCCCCC[Se](=O)c1ccccc1. The number of hydrogen-bond acceptors (Lipinski definition) is 1. The summed E-state index contributed by atoms with van der Waals surface area (Å²) in [6.45, 7) is 2.27. The van der Waals surface area contributed by atoms with Gasteiger partial charge in [-0.3, -0.25) is 0 Å². The van der Waals surface area contributed by atoms with Crippen LogP contribution in [0, 0.1) is 0 Å². The van der Waals surface area contributed by atoms with Gasteiger partial charge in [0.15, 0.2) is 0 Å². The molecule has 114 valence electrons. The molecule has 0 spiro atoms. The minimum absolute atomic E-state index is 0.917. The molecular formula is C18H30OSe. The van der Waals surface area contributed by atoms with Gasteiger partial charge in [-0.1, -0.05) is 0 Å². The quantitative estimate of drug-likeness (QED) is 0.375. The van der Waals surface area contributed by atoms with Crippen LogP contribution in [0.2, 0.25) is 5.32 Å². The van der Waals surface area contributed by atoms with Crippen LogP contribution in [0.4, 0.5) is 0 Å². The van der Waals surface area contributed by atoms with Crippen molar-refractivity contribution in [3.8, 4) is 0 Å². The second-order valence-electron chi connectivity index (χ2n) is 5.54. The molecule has 2 heteroatoms. The normalized spacial score (nSPS) is 12.4. The molecule has 1 unspecified atom stereocenters. The average molecular weight is 341 g/mol. The van der Waals surface area contributed by atoms with Crippen molar-refractivity contribution in [2.45, 2.75) is 76.5 Å². The Kier molecular flexibility index (Phi) is 10.8. The molecule has 0 aliphatic carbocycles. The van der Waals surface area contributed by atoms with E-state index in [2.05, 4.69) is 6.92 Å². The van der Waals surface area contributed by atoms with Crippen LogP contribution >= 0.6 is 0 Å². The number of hydrogen-bond donors (Lipinski definition) is 0. The summed E-state index contributed by atoms with van der Waals surface area (Å²) in [5, 5.41) is 0.917. The zero-order valence-electron chi connectivity index (χ0n) is 13.0. The summed E-state index contributed by atoms with van der Waals surface area (Å²) in [4.78, 5) is 0. The second-order valence-corrected chi connectivity index (χ2v) is 8.84. The van der Waals surface area contributed by atoms with Crippen LogP contribution in [0.15, 0.2) is 30.3 Å². The van der Waals surface area contributed by atoms with E-state index in [1.54, 1.807) is 0 Å². The van der Waals surface area contributed by atoms with E-state index in [-0.39, 0.29) is 0 Å². The van der Waals surface area contributed by atoms with E-state index in [1.165, 1.54) is 57.8 Å². The summed E-state index contributed by atoms with van der Waals surface area (Å²) in [6, 6.07) is 9.98. The Hall–Kier alpha value is -0.461. The van der Waals surface area contributed by atoms with E-state index in [0.29, 0.717) is 0 Å². The van der Waals surface area contributed by atoms with Crippen molar-refractivity contribution in [1.82, 2.24) is 0 Å². The Morgan fingerprint density at radius 1 is 0.750 bits per heavy atom. The molecule has 0 aliphatic rings. The zero-order valence-corrected chi connectivity index (χ0v) is 14.7. The Bertz CT molecular complexity index is 348. The van der Waals surface area contributed by atoms with E-state index in [9.17, 15) is 3.83 Å². The van der Waals surface area contributed by atoms with Crippen LogP contribution in [0.3, 0.4) is 0 Å². The molecule has 0 bridgehead atoms. The number of rotatable bonds is 12. The van der Waals surface area contributed by atoms with Gasteiger partial charge in [0, 0.05) is 0 Å². The molecule has 1 nitrogen and oxygen atoms in total. The van der Waals surface area contributed by atoms with Gasteiger partial charge in [0.1, 0.15) is 0 Å². The molecule has 1 atom stereocenters. The van der Waals surface area contributed by atoms with Gasteiger partial charge >= 0.3 is 129 Å². The van der Waals surface area contributed by atoms with Gasteiger partial charge in [-0.2, -0.15) is 0 Å². The van der Waals surface area contributed by atoms with Gasteiger partial charge < -0.3 is 0 Å². The van der Waals surface area contributed by atoms with Crippen molar-refractivity contribution in [3.63, 3.8) is 0 Å². The van der Waals surface area contributed by atoms with Crippen molar-refractivity contribution in [2.24, 2.45) is 0 Å². The predicted octanol–water partition coefficient (Wildman–Crippen LogP) is 5.24. The van der Waals surface area contributed by atoms with Gasteiger partial charge in [0.05, 0.1) is 0 Å². The number of unbranched alkanes of at least 4 members (excludes halogenated alkanes) is 9. The van der Waals surface area contributed by atoms with E-state index >= 15 is 0 Å². The van der Waals surface area contributed by atoms with E-state index in [1.807, 2.05) is 30.3 Å². The molecule has 0 fully saturated rings. The van der Waals surface area contributed by atoms with Crippen molar-refractivity contribution in [2.75, 3.05) is 0 Å². The Labute approximate surface area is 129 Å². The van der Waals surface area contributed by atoms with Crippen molar-refractivity contribution < 1.29 is 3.83 Å². The maximum atomic E-state index is 12.1. The van der Waals surface area contributed by atoms with Gasteiger partial charge in [0.2, 0.25) is 0 Å². The van der Waals surface area contributed by atoms with Crippen molar-refractivity contribution >= 4 is 18.3 Å². The topological polar surface area (TPSA) is 17.1 Å². The molecule has 0 aliphatic heterocycles. The van der Waals surface area contributed by atoms with Crippen LogP contribution in [0.25, 0.3) is 0 Å². The first-order valence-electron chi connectivity index (χ1n) is 8.28. The molecule has 1 aromatic carbocycles. The summed E-state index contributed by atoms with van der Waals surface area (Å²) >= 11 is -1.75. The Morgan fingerprint density at radius 3 is 1.80 bits per heavy atom. The third-order valence-corrected chi connectivity index (χ3v) is 6.75. The first kappa shape index (κ1) is 17.6. The number of benzene rings is 1. The standard InChI is InChI=1S/C18H30OSe/c1-2-3-4-5-6-7-8-9-10-14-17-20(19)18-15-12-11-13-16-18/h11-13,15-16H,2-10,14,17H2,1H3.